The number of hydrogen-bond donors (Lipinski definition) is 2. The van der Waals surface area contributed by atoms with Crippen LogP contribution in [0.4, 0.5) is 22.0 Å². The Balaban J connectivity index is 2.12. The minimum atomic E-state index is -4.81. The lowest BCUT2D eigenvalue weighted by Gasteiger charge is -2.09. The third kappa shape index (κ3) is 4.39. The number of ether oxygens (including phenoxy) is 1. The fourth-order valence-electron chi connectivity index (χ4n) is 3.05. The molecule has 2 aromatic carbocycles. The molecule has 27 heavy (non-hydrogen) atoms. The van der Waals surface area contributed by atoms with E-state index in [4.69, 9.17) is 5.73 Å². The molecule has 1 heterocycles. The molecule has 3 nitrogen and oxygen atoms in total. The van der Waals surface area contributed by atoms with E-state index in [0.717, 1.165) is 12.1 Å². The van der Waals surface area contributed by atoms with Gasteiger partial charge in [-0.25, -0.2) is 8.78 Å². The summed E-state index contributed by atoms with van der Waals surface area (Å²) in [4.78, 5) is 3.03. The zero-order valence-electron chi connectivity index (χ0n) is 14.2. The van der Waals surface area contributed by atoms with Crippen LogP contribution >= 0.6 is 0 Å². The molecule has 0 aliphatic heterocycles. The number of unbranched alkanes of at least 4 members (excludes halogenated alkanes) is 1. The number of aryl methyl sites for hydroxylation is 1. The Morgan fingerprint density at radius 2 is 1.78 bits per heavy atom. The SMILES string of the molecule is NCCCCc1c(-c2ccc(F)cc2F)[nH]c2ccc(OC(F)(F)F)cc12. The van der Waals surface area contributed by atoms with Gasteiger partial charge in [-0.05, 0) is 61.7 Å². The first-order chi connectivity index (χ1) is 12.8. The lowest BCUT2D eigenvalue weighted by Crippen LogP contribution is -2.16. The second-order valence-corrected chi connectivity index (χ2v) is 6.10. The van der Waals surface area contributed by atoms with Crippen molar-refractivity contribution >= 4 is 10.9 Å². The van der Waals surface area contributed by atoms with Crippen LogP contribution in [0.3, 0.4) is 0 Å². The normalized spacial score (nSPS) is 11.9. The number of nitrogens with two attached hydrogens (primary N) is 1. The Bertz CT molecular complexity index is 949. The van der Waals surface area contributed by atoms with E-state index in [1.54, 1.807) is 0 Å². The highest BCUT2D eigenvalue weighted by Gasteiger charge is 2.31. The van der Waals surface area contributed by atoms with Crippen LogP contribution in [0, 0.1) is 11.6 Å². The molecule has 0 aliphatic rings. The number of hydrogen-bond acceptors (Lipinski definition) is 2. The number of fused-ring (bicyclic) bond motifs is 1. The third-order valence-corrected chi connectivity index (χ3v) is 4.19. The summed E-state index contributed by atoms with van der Waals surface area (Å²) in [5.74, 6) is -1.83. The second kappa shape index (κ2) is 7.56. The van der Waals surface area contributed by atoms with Crippen molar-refractivity contribution in [2.24, 2.45) is 5.73 Å². The van der Waals surface area contributed by atoms with Crippen molar-refractivity contribution in [2.75, 3.05) is 6.54 Å². The molecule has 0 atom stereocenters. The number of halogens is 5. The molecule has 0 unspecified atom stereocenters. The molecule has 3 N–H and O–H groups in total. The van der Waals surface area contributed by atoms with Gasteiger partial charge in [0, 0.05) is 22.5 Å². The van der Waals surface area contributed by atoms with Gasteiger partial charge in [-0.2, -0.15) is 0 Å². The topological polar surface area (TPSA) is 51.0 Å². The summed E-state index contributed by atoms with van der Waals surface area (Å²) in [5, 5.41) is 0.493. The molecule has 0 spiro atoms. The maximum Gasteiger partial charge on any atom is 0.573 e. The molecule has 0 saturated heterocycles. The predicted octanol–water partition coefficient (Wildman–Crippen LogP) is 5.29. The molecule has 0 aliphatic carbocycles. The van der Waals surface area contributed by atoms with Crippen LogP contribution in [0.2, 0.25) is 0 Å². The molecule has 3 aromatic rings. The van der Waals surface area contributed by atoms with Gasteiger partial charge in [-0.3, -0.25) is 0 Å². The van der Waals surface area contributed by atoms with Crippen LogP contribution < -0.4 is 10.5 Å². The van der Waals surface area contributed by atoms with E-state index in [-0.39, 0.29) is 11.3 Å². The van der Waals surface area contributed by atoms with Gasteiger partial charge in [-0.1, -0.05) is 0 Å². The number of aromatic nitrogens is 1. The lowest BCUT2D eigenvalue weighted by molar-refractivity contribution is -0.274. The van der Waals surface area contributed by atoms with Gasteiger partial charge in [0.2, 0.25) is 0 Å². The quantitative estimate of drug-likeness (QED) is 0.448. The van der Waals surface area contributed by atoms with Crippen molar-refractivity contribution in [2.45, 2.75) is 25.6 Å². The fourth-order valence-corrected chi connectivity index (χ4v) is 3.05. The zero-order valence-corrected chi connectivity index (χ0v) is 14.2. The Kier molecular flexibility index (Phi) is 5.36. The van der Waals surface area contributed by atoms with E-state index in [1.807, 2.05) is 0 Å². The largest absolute Gasteiger partial charge is 0.573 e. The van der Waals surface area contributed by atoms with Crippen LogP contribution in [0.25, 0.3) is 22.2 Å². The van der Waals surface area contributed by atoms with Gasteiger partial charge in [-0.15, -0.1) is 13.2 Å². The molecule has 1 aromatic heterocycles. The van der Waals surface area contributed by atoms with Crippen molar-refractivity contribution < 1.29 is 26.7 Å². The first-order valence-electron chi connectivity index (χ1n) is 8.34. The van der Waals surface area contributed by atoms with E-state index in [1.165, 1.54) is 24.3 Å². The van der Waals surface area contributed by atoms with Crippen LogP contribution in [-0.4, -0.2) is 17.9 Å². The standard InChI is InChI=1S/C19H17F5N2O/c20-11-4-6-14(16(21)9-11)18-13(3-1-2-8-25)15-10-12(27-19(22,23)24)5-7-17(15)26-18/h4-7,9-10,26H,1-3,8,25H2. The monoisotopic (exact) mass is 384 g/mol. The minimum Gasteiger partial charge on any atom is -0.406 e. The lowest BCUT2D eigenvalue weighted by atomic mass is 10.00. The summed E-state index contributed by atoms with van der Waals surface area (Å²) < 4.78 is 69.1. The second-order valence-electron chi connectivity index (χ2n) is 6.10. The highest BCUT2D eigenvalue weighted by atomic mass is 19.4. The molecular weight excluding hydrogens is 367 g/mol. The number of benzene rings is 2. The molecule has 3 rings (SSSR count). The summed E-state index contributed by atoms with van der Waals surface area (Å²) in [6.07, 6.45) is -2.96. The van der Waals surface area contributed by atoms with Gasteiger partial charge in [0.05, 0.1) is 5.69 Å². The average Bonchev–Trinajstić information content (AvgIpc) is 2.91. The number of rotatable bonds is 6. The summed E-state index contributed by atoms with van der Waals surface area (Å²) in [6.45, 7) is 0.463. The Labute approximate surface area is 151 Å². The van der Waals surface area contributed by atoms with Crippen LogP contribution in [0.5, 0.6) is 5.75 Å². The number of nitrogens with one attached hydrogen (secondary N) is 1. The zero-order chi connectivity index (χ0) is 19.6. The van der Waals surface area contributed by atoms with Crippen molar-refractivity contribution in [3.8, 4) is 17.0 Å². The van der Waals surface area contributed by atoms with Gasteiger partial charge < -0.3 is 15.5 Å². The highest BCUT2D eigenvalue weighted by molar-refractivity contribution is 5.91. The number of H-pyrrole nitrogens is 1. The van der Waals surface area contributed by atoms with E-state index in [2.05, 4.69) is 9.72 Å². The Morgan fingerprint density at radius 1 is 1.00 bits per heavy atom. The number of alkyl halides is 3. The van der Waals surface area contributed by atoms with E-state index >= 15 is 0 Å². The molecule has 0 bridgehead atoms. The minimum absolute atomic E-state index is 0.147. The Morgan fingerprint density at radius 3 is 2.44 bits per heavy atom. The van der Waals surface area contributed by atoms with Crippen LogP contribution in [0.15, 0.2) is 36.4 Å². The molecule has 0 fully saturated rings. The molecule has 8 heteroatoms. The molecule has 0 saturated carbocycles. The summed E-state index contributed by atoms with van der Waals surface area (Å²) in [5.41, 5.74) is 7.23. The molecular formula is C19H17F5N2O. The van der Waals surface area contributed by atoms with Gasteiger partial charge >= 0.3 is 6.36 Å². The summed E-state index contributed by atoms with van der Waals surface area (Å²) in [6, 6.07) is 7.08. The summed E-state index contributed by atoms with van der Waals surface area (Å²) in [7, 11) is 0. The first kappa shape index (κ1) is 19.2. The maximum atomic E-state index is 14.3. The van der Waals surface area contributed by atoms with Gasteiger partial charge in [0.1, 0.15) is 17.4 Å². The van der Waals surface area contributed by atoms with Crippen LogP contribution in [0.1, 0.15) is 18.4 Å². The van der Waals surface area contributed by atoms with E-state index in [0.29, 0.717) is 48.0 Å². The third-order valence-electron chi connectivity index (χ3n) is 4.19. The van der Waals surface area contributed by atoms with Gasteiger partial charge in [0.25, 0.3) is 0 Å². The van der Waals surface area contributed by atoms with Crippen molar-refractivity contribution in [1.29, 1.82) is 0 Å². The highest BCUT2D eigenvalue weighted by Crippen LogP contribution is 2.36. The maximum absolute atomic E-state index is 14.3. The molecule has 0 amide bonds. The predicted molar refractivity (Wildman–Crippen MR) is 92.3 cm³/mol. The number of aromatic amines is 1. The summed E-state index contributed by atoms with van der Waals surface area (Å²) >= 11 is 0. The van der Waals surface area contributed by atoms with E-state index in [9.17, 15) is 22.0 Å². The van der Waals surface area contributed by atoms with Crippen molar-refractivity contribution in [1.82, 2.24) is 4.98 Å². The Hall–Kier alpha value is -2.61. The van der Waals surface area contributed by atoms with E-state index < -0.39 is 18.0 Å². The van der Waals surface area contributed by atoms with Crippen molar-refractivity contribution in [3.05, 3.63) is 53.6 Å². The average molecular weight is 384 g/mol. The fraction of sp³-hybridized carbons (Fsp3) is 0.263. The van der Waals surface area contributed by atoms with Gasteiger partial charge in [0.15, 0.2) is 0 Å². The first-order valence-corrected chi connectivity index (χ1v) is 8.34. The molecule has 0 radical (unpaired) electrons. The van der Waals surface area contributed by atoms with Crippen LogP contribution in [-0.2, 0) is 6.42 Å². The smallest absolute Gasteiger partial charge is 0.406 e. The van der Waals surface area contributed by atoms with Crippen molar-refractivity contribution in [3.63, 3.8) is 0 Å². The molecule has 144 valence electrons.